The molecule has 0 saturated carbocycles. The Balaban J connectivity index is 1.82. The van der Waals surface area contributed by atoms with E-state index in [9.17, 15) is 4.79 Å². The first-order chi connectivity index (χ1) is 11.2. The first-order valence-electron chi connectivity index (χ1n) is 8.17. The second kappa shape index (κ2) is 6.77. The molecule has 1 aliphatic heterocycles. The highest BCUT2D eigenvalue weighted by Gasteiger charge is 2.20. The number of carbonyl (C=O) groups is 1. The third-order valence-electron chi connectivity index (χ3n) is 4.33. The SMILES string of the molecule is CCN(CC)C(=O)c1ccnc(N2CCc3ccccc3C2)n1. The van der Waals surface area contributed by atoms with Crippen LogP contribution < -0.4 is 4.90 Å². The lowest BCUT2D eigenvalue weighted by atomic mass is 10.0. The minimum absolute atomic E-state index is 0.0314. The largest absolute Gasteiger partial charge is 0.338 e. The number of hydrogen-bond acceptors (Lipinski definition) is 4. The van der Waals surface area contributed by atoms with Gasteiger partial charge in [0, 0.05) is 32.4 Å². The van der Waals surface area contributed by atoms with Gasteiger partial charge in [-0.25, -0.2) is 9.97 Å². The zero-order valence-electron chi connectivity index (χ0n) is 13.7. The van der Waals surface area contributed by atoms with E-state index in [0.29, 0.717) is 24.7 Å². The maximum atomic E-state index is 12.5. The fourth-order valence-corrected chi connectivity index (χ4v) is 2.96. The van der Waals surface area contributed by atoms with Gasteiger partial charge in [0.25, 0.3) is 5.91 Å². The van der Waals surface area contributed by atoms with E-state index in [1.165, 1.54) is 11.1 Å². The summed E-state index contributed by atoms with van der Waals surface area (Å²) >= 11 is 0. The lowest BCUT2D eigenvalue weighted by Gasteiger charge is -2.29. The lowest BCUT2D eigenvalue weighted by Crippen LogP contribution is -2.34. The number of amides is 1. The van der Waals surface area contributed by atoms with Crippen molar-refractivity contribution in [2.24, 2.45) is 0 Å². The standard InChI is InChI=1S/C18H22N4O/c1-3-21(4-2)17(23)16-9-11-19-18(20-16)22-12-10-14-7-5-6-8-15(14)13-22/h5-9,11H,3-4,10,12-13H2,1-2H3. The van der Waals surface area contributed by atoms with Crippen LogP contribution in [0.2, 0.25) is 0 Å². The van der Waals surface area contributed by atoms with Crippen molar-refractivity contribution >= 4 is 11.9 Å². The van der Waals surface area contributed by atoms with Gasteiger partial charge in [0.15, 0.2) is 0 Å². The van der Waals surface area contributed by atoms with Crippen LogP contribution in [-0.2, 0) is 13.0 Å². The van der Waals surface area contributed by atoms with E-state index in [0.717, 1.165) is 19.5 Å². The van der Waals surface area contributed by atoms with Crippen molar-refractivity contribution < 1.29 is 4.79 Å². The van der Waals surface area contributed by atoms with Gasteiger partial charge in [-0.1, -0.05) is 24.3 Å². The summed E-state index contributed by atoms with van der Waals surface area (Å²) in [6.45, 7) is 6.99. The van der Waals surface area contributed by atoms with Crippen LogP contribution in [-0.4, -0.2) is 40.4 Å². The van der Waals surface area contributed by atoms with Crippen LogP contribution in [0.4, 0.5) is 5.95 Å². The summed E-state index contributed by atoms with van der Waals surface area (Å²) in [6, 6.07) is 10.2. The third kappa shape index (κ3) is 3.18. The highest BCUT2D eigenvalue weighted by atomic mass is 16.2. The summed E-state index contributed by atoms with van der Waals surface area (Å²) in [4.78, 5) is 25.3. The van der Waals surface area contributed by atoms with Crippen LogP contribution in [0.25, 0.3) is 0 Å². The number of nitrogens with zero attached hydrogens (tertiary/aromatic N) is 4. The molecule has 23 heavy (non-hydrogen) atoms. The van der Waals surface area contributed by atoms with Gasteiger partial charge in [0.1, 0.15) is 5.69 Å². The second-order valence-corrected chi connectivity index (χ2v) is 5.66. The van der Waals surface area contributed by atoms with E-state index in [4.69, 9.17) is 0 Å². The average molecular weight is 310 g/mol. The highest BCUT2D eigenvalue weighted by molar-refractivity contribution is 5.92. The van der Waals surface area contributed by atoms with E-state index in [1.807, 2.05) is 13.8 Å². The summed E-state index contributed by atoms with van der Waals surface area (Å²) < 4.78 is 0. The van der Waals surface area contributed by atoms with Crippen LogP contribution in [0.3, 0.4) is 0 Å². The monoisotopic (exact) mass is 310 g/mol. The molecule has 5 heteroatoms. The second-order valence-electron chi connectivity index (χ2n) is 5.66. The summed E-state index contributed by atoms with van der Waals surface area (Å²) in [5, 5.41) is 0. The Kier molecular flexibility index (Phi) is 4.55. The van der Waals surface area contributed by atoms with E-state index >= 15 is 0 Å². The van der Waals surface area contributed by atoms with Gasteiger partial charge in [0.05, 0.1) is 0 Å². The predicted molar refractivity (Wildman–Crippen MR) is 90.5 cm³/mol. The molecule has 0 atom stereocenters. The maximum Gasteiger partial charge on any atom is 0.272 e. The molecule has 0 spiro atoms. The van der Waals surface area contributed by atoms with Gasteiger partial charge in [-0.3, -0.25) is 4.79 Å². The summed E-state index contributed by atoms with van der Waals surface area (Å²) in [6.07, 6.45) is 2.66. The van der Waals surface area contributed by atoms with Crippen molar-refractivity contribution in [2.75, 3.05) is 24.5 Å². The Morgan fingerprint density at radius 1 is 1.17 bits per heavy atom. The first kappa shape index (κ1) is 15.5. The highest BCUT2D eigenvalue weighted by Crippen LogP contribution is 2.21. The minimum Gasteiger partial charge on any atom is -0.338 e. The van der Waals surface area contributed by atoms with Crippen molar-refractivity contribution in [1.82, 2.24) is 14.9 Å². The van der Waals surface area contributed by atoms with Crippen molar-refractivity contribution in [2.45, 2.75) is 26.8 Å². The molecule has 2 aromatic rings. The molecule has 1 amide bonds. The van der Waals surface area contributed by atoms with Gasteiger partial charge in [-0.15, -0.1) is 0 Å². The summed E-state index contributed by atoms with van der Waals surface area (Å²) in [5.74, 6) is 0.605. The Labute approximate surface area is 137 Å². The normalized spacial score (nSPS) is 13.6. The molecule has 3 rings (SSSR count). The smallest absolute Gasteiger partial charge is 0.272 e. The average Bonchev–Trinajstić information content (AvgIpc) is 2.62. The molecule has 1 aromatic carbocycles. The van der Waals surface area contributed by atoms with Gasteiger partial charge < -0.3 is 9.80 Å². The molecule has 0 N–H and O–H groups in total. The summed E-state index contributed by atoms with van der Waals surface area (Å²) in [7, 11) is 0. The van der Waals surface area contributed by atoms with Crippen LogP contribution >= 0.6 is 0 Å². The van der Waals surface area contributed by atoms with Crippen molar-refractivity contribution in [1.29, 1.82) is 0 Å². The topological polar surface area (TPSA) is 49.3 Å². The Morgan fingerprint density at radius 3 is 2.65 bits per heavy atom. The molecule has 0 bridgehead atoms. The molecule has 0 radical (unpaired) electrons. The fourth-order valence-electron chi connectivity index (χ4n) is 2.96. The van der Waals surface area contributed by atoms with Crippen LogP contribution in [0, 0.1) is 0 Å². The summed E-state index contributed by atoms with van der Waals surface area (Å²) in [5.41, 5.74) is 3.17. The number of benzene rings is 1. The zero-order chi connectivity index (χ0) is 16.2. The molecular weight excluding hydrogens is 288 g/mol. The third-order valence-corrected chi connectivity index (χ3v) is 4.33. The van der Waals surface area contributed by atoms with Gasteiger partial charge >= 0.3 is 0 Å². The molecule has 0 fully saturated rings. The predicted octanol–water partition coefficient (Wildman–Crippen LogP) is 2.52. The van der Waals surface area contributed by atoms with E-state index in [2.05, 4.69) is 39.1 Å². The number of fused-ring (bicyclic) bond motifs is 1. The van der Waals surface area contributed by atoms with E-state index in [-0.39, 0.29) is 5.91 Å². The maximum absolute atomic E-state index is 12.5. The molecule has 5 nitrogen and oxygen atoms in total. The fraction of sp³-hybridized carbons (Fsp3) is 0.389. The molecule has 0 aliphatic carbocycles. The minimum atomic E-state index is -0.0314. The Hall–Kier alpha value is -2.43. The van der Waals surface area contributed by atoms with Crippen molar-refractivity contribution in [3.63, 3.8) is 0 Å². The van der Waals surface area contributed by atoms with E-state index < -0.39 is 0 Å². The number of rotatable bonds is 4. The first-order valence-corrected chi connectivity index (χ1v) is 8.17. The Bertz CT molecular complexity index is 697. The number of carbonyl (C=O) groups excluding carboxylic acids is 1. The molecule has 2 heterocycles. The van der Waals surface area contributed by atoms with Crippen molar-refractivity contribution in [3.8, 4) is 0 Å². The van der Waals surface area contributed by atoms with Crippen molar-refractivity contribution in [3.05, 3.63) is 53.3 Å². The Morgan fingerprint density at radius 2 is 1.91 bits per heavy atom. The lowest BCUT2D eigenvalue weighted by molar-refractivity contribution is 0.0767. The van der Waals surface area contributed by atoms with Crippen LogP contribution in [0.5, 0.6) is 0 Å². The molecule has 1 aromatic heterocycles. The number of hydrogen-bond donors (Lipinski definition) is 0. The molecule has 0 unspecified atom stereocenters. The van der Waals surface area contributed by atoms with E-state index in [1.54, 1.807) is 17.2 Å². The number of anilines is 1. The number of aromatic nitrogens is 2. The molecule has 120 valence electrons. The van der Waals surface area contributed by atoms with Crippen LogP contribution in [0.1, 0.15) is 35.5 Å². The molecule has 0 saturated heterocycles. The molecule has 1 aliphatic rings. The molecular formula is C18H22N4O. The van der Waals surface area contributed by atoms with Gasteiger partial charge in [0.2, 0.25) is 5.95 Å². The van der Waals surface area contributed by atoms with Gasteiger partial charge in [-0.05, 0) is 37.5 Å². The quantitative estimate of drug-likeness (QED) is 0.871. The van der Waals surface area contributed by atoms with Crippen LogP contribution in [0.15, 0.2) is 36.5 Å². The zero-order valence-corrected chi connectivity index (χ0v) is 13.7. The van der Waals surface area contributed by atoms with Gasteiger partial charge in [-0.2, -0.15) is 0 Å².